The number of ether oxygens (including phenoxy) is 2. The Labute approximate surface area is 197 Å². The number of thiazole rings is 1. The molecular weight excluding hydrogens is 460 g/mol. The molecule has 4 aromatic rings. The highest BCUT2D eigenvalue weighted by Crippen LogP contribution is 2.35. The number of nitrogens with one attached hydrogen (secondary N) is 1. The van der Waals surface area contributed by atoms with Gasteiger partial charge in [-0.2, -0.15) is 0 Å². The predicted molar refractivity (Wildman–Crippen MR) is 130 cm³/mol. The zero-order valence-corrected chi connectivity index (χ0v) is 19.8. The molecule has 1 aromatic carbocycles. The number of carbonyl (C=O) groups excluding carboxylic acids is 1. The lowest BCUT2D eigenvalue weighted by molar-refractivity contribution is 0.103. The van der Waals surface area contributed by atoms with E-state index in [-0.39, 0.29) is 11.5 Å². The van der Waals surface area contributed by atoms with Gasteiger partial charge < -0.3 is 9.47 Å². The van der Waals surface area contributed by atoms with Crippen molar-refractivity contribution in [3.63, 3.8) is 0 Å². The highest BCUT2D eigenvalue weighted by atomic mass is 32.1. The quantitative estimate of drug-likeness (QED) is 0.428. The summed E-state index contributed by atoms with van der Waals surface area (Å²) in [5.74, 6) is 1.12. The number of rotatable bonds is 6. The third-order valence-corrected chi connectivity index (χ3v) is 7.39. The van der Waals surface area contributed by atoms with Gasteiger partial charge >= 0.3 is 0 Å². The van der Waals surface area contributed by atoms with Gasteiger partial charge in [0.1, 0.15) is 18.0 Å². The maximum atomic E-state index is 13.0. The molecule has 0 unspecified atom stereocenters. The number of thiophene rings is 1. The Morgan fingerprint density at radius 2 is 2.06 bits per heavy atom. The molecule has 10 heteroatoms. The van der Waals surface area contributed by atoms with Gasteiger partial charge in [0.2, 0.25) is 0 Å². The lowest BCUT2D eigenvalue weighted by Crippen LogP contribution is -2.20. The summed E-state index contributed by atoms with van der Waals surface area (Å²) >= 11 is 2.57. The Bertz CT molecular complexity index is 1410. The first-order valence-electron chi connectivity index (χ1n) is 10.7. The Balaban J connectivity index is 1.38. The van der Waals surface area contributed by atoms with Crippen molar-refractivity contribution in [1.82, 2.24) is 14.5 Å². The fourth-order valence-electron chi connectivity index (χ4n) is 3.68. The maximum Gasteiger partial charge on any atom is 0.267 e. The molecule has 5 rings (SSSR count). The van der Waals surface area contributed by atoms with Crippen LogP contribution in [0.1, 0.15) is 35.0 Å². The average molecular weight is 483 g/mol. The zero-order valence-electron chi connectivity index (χ0n) is 18.2. The third-order valence-electron chi connectivity index (χ3n) is 5.44. The lowest BCUT2D eigenvalue weighted by atomic mass is 10.1. The number of fused-ring (bicyclic) bond motifs is 2. The highest BCUT2D eigenvalue weighted by Gasteiger charge is 2.21. The standard InChI is InChI=1S/C23H22N4O4S2/c1-3-4-7-27-12-24-21-18(22(27)29)13(2)19(33-21)20(28)26-23-25-15(11-32-23)14-5-6-16-17(10-14)31-9-8-30-16/h5-6,10-12H,3-4,7-9H2,1-2H3,(H,25,26,28). The van der Waals surface area contributed by atoms with Crippen LogP contribution >= 0.6 is 22.7 Å². The summed E-state index contributed by atoms with van der Waals surface area (Å²) in [7, 11) is 0. The van der Waals surface area contributed by atoms with Crippen molar-refractivity contribution in [1.29, 1.82) is 0 Å². The molecule has 0 bridgehead atoms. The molecule has 170 valence electrons. The molecular formula is C23H22N4O4S2. The van der Waals surface area contributed by atoms with Crippen molar-refractivity contribution in [3.05, 3.63) is 50.7 Å². The summed E-state index contributed by atoms with van der Waals surface area (Å²) in [6, 6.07) is 5.67. The molecule has 0 aliphatic carbocycles. The molecule has 1 aliphatic heterocycles. The number of amides is 1. The number of unbranched alkanes of at least 4 members (excludes halogenated alkanes) is 1. The largest absolute Gasteiger partial charge is 0.486 e. The number of aryl methyl sites for hydroxylation is 2. The molecule has 1 aliphatic rings. The smallest absolute Gasteiger partial charge is 0.267 e. The molecule has 8 nitrogen and oxygen atoms in total. The first-order chi connectivity index (χ1) is 16.0. The van der Waals surface area contributed by atoms with E-state index in [0.29, 0.717) is 51.3 Å². The van der Waals surface area contributed by atoms with Crippen molar-refractivity contribution >= 4 is 43.9 Å². The molecule has 3 aromatic heterocycles. The Morgan fingerprint density at radius 1 is 1.24 bits per heavy atom. The minimum Gasteiger partial charge on any atom is -0.486 e. The molecule has 0 saturated heterocycles. The lowest BCUT2D eigenvalue weighted by Gasteiger charge is -2.18. The second-order valence-electron chi connectivity index (χ2n) is 7.68. The number of hydrogen-bond acceptors (Lipinski definition) is 8. The first-order valence-corrected chi connectivity index (χ1v) is 12.4. The van der Waals surface area contributed by atoms with Crippen molar-refractivity contribution < 1.29 is 14.3 Å². The molecule has 0 saturated carbocycles. The minimum absolute atomic E-state index is 0.101. The fourth-order valence-corrected chi connectivity index (χ4v) is 5.43. The summed E-state index contributed by atoms with van der Waals surface area (Å²) in [6.45, 7) is 5.55. The number of benzene rings is 1. The summed E-state index contributed by atoms with van der Waals surface area (Å²) in [5, 5.41) is 5.74. The van der Waals surface area contributed by atoms with E-state index in [4.69, 9.17) is 9.47 Å². The molecule has 1 amide bonds. The monoisotopic (exact) mass is 482 g/mol. The second-order valence-corrected chi connectivity index (χ2v) is 9.54. The Hall–Kier alpha value is -3.24. The molecule has 0 spiro atoms. The van der Waals surface area contributed by atoms with E-state index in [1.165, 1.54) is 22.7 Å². The molecule has 0 atom stereocenters. The summed E-state index contributed by atoms with van der Waals surface area (Å²) < 4.78 is 12.8. The van der Waals surface area contributed by atoms with Crippen molar-refractivity contribution in [2.45, 2.75) is 33.2 Å². The van der Waals surface area contributed by atoms with Gasteiger partial charge in [-0.15, -0.1) is 22.7 Å². The van der Waals surface area contributed by atoms with Crippen LogP contribution in [0.15, 0.2) is 34.7 Å². The molecule has 1 N–H and O–H groups in total. The SMILES string of the molecule is CCCCn1cnc2sc(C(=O)Nc3nc(-c4ccc5c(c4)OCCO5)cs3)c(C)c2c1=O. The van der Waals surface area contributed by atoms with Gasteiger partial charge in [-0.1, -0.05) is 13.3 Å². The van der Waals surface area contributed by atoms with Gasteiger partial charge in [-0.05, 0) is 37.1 Å². The van der Waals surface area contributed by atoms with Gasteiger partial charge in [-0.3, -0.25) is 19.5 Å². The van der Waals surface area contributed by atoms with E-state index in [1.807, 2.05) is 23.6 Å². The van der Waals surface area contributed by atoms with Crippen LogP contribution in [0.4, 0.5) is 5.13 Å². The van der Waals surface area contributed by atoms with E-state index in [1.54, 1.807) is 17.8 Å². The second kappa shape index (κ2) is 8.95. The minimum atomic E-state index is -0.293. The topological polar surface area (TPSA) is 95.3 Å². The summed E-state index contributed by atoms with van der Waals surface area (Å²) in [5.41, 5.74) is 2.17. The van der Waals surface area contributed by atoms with E-state index < -0.39 is 0 Å². The van der Waals surface area contributed by atoms with Gasteiger partial charge in [0.25, 0.3) is 11.5 Å². The van der Waals surface area contributed by atoms with Gasteiger partial charge in [0.15, 0.2) is 16.6 Å². The number of carbonyl (C=O) groups is 1. The van der Waals surface area contributed by atoms with Gasteiger partial charge in [-0.25, -0.2) is 9.97 Å². The van der Waals surface area contributed by atoms with Gasteiger partial charge in [0, 0.05) is 17.5 Å². The van der Waals surface area contributed by atoms with E-state index in [2.05, 4.69) is 22.2 Å². The van der Waals surface area contributed by atoms with Crippen molar-refractivity contribution in [3.8, 4) is 22.8 Å². The van der Waals surface area contributed by atoms with Crippen LogP contribution in [0.25, 0.3) is 21.5 Å². The highest BCUT2D eigenvalue weighted by molar-refractivity contribution is 7.21. The first kappa shape index (κ1) is 21.6. The molecule has 0 fully saturated rings. The Morgan fingerprint density at radius 3 is 2.88 bits per heavy atom. The van der Waals surface area contributed by atoms with Gasteiger partial charge in [0.05, 0.1) is 22.3 Å². The zero-order chi connectivity index (χ0) is 22.9. The van der Waals surface area contributed by atoms with Crippen LogP contribution in [0, 0.1) is 6.92 Å². The number of hydrogen-bond donors (Lipinski definition) is 1. The summed E-state index contributed by atoms with van der Waals surface area (Å²) in [4.78, 5) is 35.9. The maximum absolute atomic E-state index is 13.0. The van der Waals surface area contributed by atoms with Crippen LogP contribution in [0.2, 0.25) is 0 Å². The normalized spacial score (nSPS) is 12.8. The third kappa shape index (κ3) is 4.11. The van der Waals surface area contributed by atoms with Crippen LogP contribution in [-0.2, 0) is 6.54 Å². The average Bonchev–Trinajstić information content (AvgIpc) is 3.43. The van der Waals surface area contributed by atoms with Crippen molar-refractivity contribution in [2.75, 3.05) is 18.5 Å². The predicted octanol–water partition coefficient (Wildman–Crippen LogP) is 4.71. The summed E-state index contributed by atoms with van der Waals surface area (Å²) in [6.07, 6.45) is 3.46. The van der Waals surface area contributed by atoms with E-state index >= 15 is 0 Å². The number of anilines is 1. The molecule has 4 heterocycles. The molecule has 0 radical (unpaired) electrons. The Kier molecular flexibility index (Phi) is 5.86. The van der Waals surface area contributed by atoms with Crippen LogP contribution < -0.4 is 20.3 Å². The van der Waals surface area contributed by atoms with Crippen LogP contribution in [-0.4, -0.2) is 33.7 Å². The number of aromatic nitrogens is 3. The van der Waals surface area contributed by atoms with E-state index in [0.717, 1.165) is 29.8 Å². The van der Waals surface area contributed by atoms with Crippen molar-refractivity contribution in [2.24, 2.45) is 0 Å². The van der Waals surface area contributed by atoms with Crippen LogP contribution in [0.3, 0.4) is 0 Å². The fraction of sp³-hybridized carbons (Fsp3) is 0.304. The molecule has 33 heavy (non-hydrogen) atoms. The number of nitrogens with zero attached hydrogens (tertiary/aromatic N) is 3. The van der Waals surface area contributed by atoms with Crippen LogP contribution in [0.5, 0.6) is 11.5 Å². The van der Waals surface area contributed by atoms with E-state index in [9.17, 15) is 9.59 Å².